The maximum absolute atomic E-state index is 6.06. The molecule has 0 aromatic heterocycles. The summed E-state index contributed by atoms with van der Waals surface area (Å²) in [5.41, 5.74) is 0.807. The molecular formula is C13H19NO2. The van der Waals surface area contributed by atoms with Crippen LogP contribution >= 0.6 is 0 Å². The minimum absolute atomic E-state index is 0.226. The van der Waals surface area contributed by atoms with Gasteiger partial charge in [-0.3, -0.25) is 0 Å². The van der Waals surface area contributed by atoms with Crippen molar-refractivity contribution in [1.82, 2.24) is 5.32 Å². The van der Waals surface area contributed by atoms with Crippen LogP contribution in [-0.4, -0.2) is 26.3 Å². The van der Waals surface area contributed by atoms with Crippen LogP contribution in [0, 0.1) is 0 Å². The van der Waals surface area contributed by atoms with Gasteiger partial charge in [0.2, 0.25) is 0 Å². The van der Waals surface area contributed by atoms with Crippen LogP contribution in [0.5, 0.6) is 5.75 Å². The fourth-order valence-electron chi connectivity index (χ4n) is 2.28. The molecule has 1 saturated heterocycles. The van der Waals surface area contributed by atoms with Gasteiger partial charge >= 0.3 is 0 Å². The van der Waals surface area contributed by atoms with Gasteiger partial charge in [0.1, 0.15) is 11.4 Å². The Bertz CT molecular complexity index is 367. The van der Waals surface area contributed by atoms with Crippen molar-refractivity contribution >= 4 is 0 Å². The molecule has 1 aliphatic rings. The summed E-state index contributed by atoms with van der Waals surface area (Å²) < 4.78 is 11.5. The number of morpholine rings is 1. The van der Waals surface area contributed by atoms with Crippen molar-refractivity contribution in [3.05, 3.63) is 29.8 Å². The lowest BCUT2D eigenvalue weighted by molar-refractivity contribution is -0.103. The molecular weight excluding hydrogens is 202 g/mol. The minimum Gasteiger partial charge on any atom is -0.496 e. The first-order valence-corrected chi connectivity index (χ1v) is 5.68. The molecule has 1 N–H and O–H groups in total. The molecule has 16 heavy (non-hydrogen) atoms. The number of ether oxygens (including phenoxy) is 2. The topological polar surface area (TPSA) is 30.5 Å². The number of hydrogen-bond donors (Lipinski definition) is 1. The lowest BCUT2D eigenvalue weighted by atomic mass is 9.93. The first kappa shape index (κ1) is 11.4. The average Bonchev–Trinajstić information content (AvgIpc) is 2.29. The summed E-state index contributed by atoms with van der Waals surface area (Å²) in [6, 6.07) is 8.04. The largest absolute Gasteiger partial charge is 0.496 e. The lowest BCUT2D eigenvalue weighted by Gasteiger charge is -2.39. The van der Waals surface area contributed by atoms with Gasteiger partial charge in [-0.1, -0.05) is 18.2 Å². The van der Waals surface area contributed by atoms with Crippen molar-refractivity contribution in [3.8, 4) is 5.75 Å². The van der Waals surface area contributed by atoms with Gasteiger partial charge in [0, 0.05) is 18.7 Å². The number of benzene rings is 1. The smallest absolute Gasteiger partial charge is 0.124 e. The van der Waals surface area contributed by atoms with Gasteiger partial charge in [0.25, 0.3) is 0 Å². The Kier molecular flexibility index (Phi) is 3.17. The van der Waals surface area contributed by atoms with Crippen LogP contribution in [0.1, 0.15) is 19.4 Å². The van der Waals surface area contributed by atoms with Crippen molar-refractivity contribution in [1.29, 1.82) is 0 Å². The van der Waals surface area contributed by atoms with Gasteiger partial charge in [0.05, 0.1) is 13.2 Å². The quantitative estimate of drug-likeness (QED) is 0.827. The zero-order valence-electron chi connectivity index (χ0n) is 10.1. The molecule has 0 bridgehead atoms. The van der Waals surface area contributed by atoms with Crippen LogP contribution in [0.4, 0.5) is 0 Å². The Labute approximate surface area is 96.8 Å². The van der Waals surface area contributed by atoms with Crippen LogP contribution in [0.25, 0.3) is 0 Å². The standard InChI is InChI=1S/C13H19NO2/c1-10-8-14-9-13(2,16-10)11-6-4-5-7-12(11)15-3/h4-7,10,14H,8-9H2,1-3H3. The maximum atomic E-state index is 6.06. The molecule has 1 aliphatic heterocycles. The van der Waals surface area contributed by atoms with Crippen LogP contribution in [-0.2, 0) is 10.3 Å². The normalized spacial score (nSPS) is 30.1. The molecule has 88 valence electrons. The second-order valence-electron chi connectivity index (χ2n) is 4.49. The zero-order chi connectivity index (χ0) is 11.6. The average molecular weight is 221 g/mol. The van der Waals surface area contributed by atoms with E-state index in [2.05, 4.69) is 25.2 Å². The minimum atomic E-state index is -0.301. The first-order chi connectivity index (χ1) is 7.65. The number of methoxy groups -OCH3 is 1. The van der Waals surface area contributed by atoms with E-state index in [1.165, 1.54) is 0 Å². The zero-order valence-corrected chi connectivity index (χ0v) is 10.1. The number of rotatable bonds is 2. The van der Waals surface area contributed by atoms with Crippen molar-refractivity contribution in [2.45, 2.75) is 25.6 Å². The third kappa shape index (κ3) is 2.06. The predicted molar refractivity (Wildman–Crippen MR) is 63.8 cm³/mol. The number of nitrogens with one attached hydrogen (secondary N) is 1. The molecule has 2 atom stereocenters. The molecule has 2 rings (SSSR count). The summed E-state index contributed by atoms with van der Waals surface area (Å²) in [6.07, 6.45) is 0.226. The number of hydrogen-bond acceptors (Lipinski definition) is 3. The third-order valence-electron chi connectivity index (χ3n) is 3.03. The molecule has 3 heteroatoms. The van der Waals surface area contributed by atoms with E-state index < -0.39 is 0 Å². The molecule has 1 aromatic rings. The Morgan fingerprint density at radius 1 is 1.44 bits per heavy atom. The van der Waals surface area contributed by atoms with E-state index in [9.17, 15) is 0 Å². The molecule has 1 aromatic carbocycles. The van der Waals surface area contributed by atoms with E-state index in [0.717, 1.165) is 24.4 Å². The Morgan fingerprint density at radius 2 is 2.19 bits per heavy atom. The maximum Gasteiger partial charge on any atom is 0.124 e. The van der Waals surface area contributed by atoms with E-state index in [1.54, 1.807) is 7.11 Å². The monoisotopic (exact) mass is 221 g/mol. The van der Waals surface area contributed by atoms with Crippen molar-refractivity contribution < 1.29 is 9.47 Å². The Morgan fingerprint density at radius 3 is 2.88 bits per heavy atom. The van der Waals surface area contributed by atoms with Gasteiger partial charge < -0.3 is 14.8 Å². The highest BCUT2D eigenvalue weighted by atomic mass is 16.5. The molecule has 0 amide bonds. The van der Waals surface area contributed by atoms with Crippen molar-refractivity contribution in [2.75, 3.05) is 20.2 Å². The molecule has 0 saturated carbocycles. The highest BCUT2D eigenvalue weighted by molar-refractivity contribution is 5.38. The summed E-state index contributed by atoms with van der Waals surface area (Å²) in [7, 11) is 1.70. The fraction of sp³-hybridized carbons (Fsp3) is 0.538. The molecule has 0 radical (unpaired) electrons. The van der Waals surface area contributed by atoms with E-state index in [4.69, 9.17) is 9.47 Å². The molecule has 1 heterocycles. The van der Waals surface area contributed by atoms with Crippen LogP contribution in [0.15, 0.2) is 24.3 Å². The fourth-order valence-corrected chi connectivity index (χ4v) is 2.28. The van der Waals surface area contributed by atoms with E-state index >= 15 is 0 Å². The van der Waals surface area contributed by atoms with E-state index in [1.807, 2.05) is 18.2 Å². The number of para-hydroxylation sites is 1. The highest BCUT2D eigenvalue weighted by Gasteiger charge is 2.35. The van der Waals surface area contributed by atoms with Gasteiger partial charge in [-0.25, -0.2) is 0 Å². The van der Waals surface area contributed by atoms with Crippen molar-refractivity contribution in [2.24, 2.45) is 0 Å². The summed E-state index contributed by atoms with van der Waals surface area (Å²) in [6.45, 7) is 5.91. The lowest BCUT2D eigenvalue weighted by Crippen LogP contribution is -2.49. The van der Waals surface area contributed by atoms with Crippen LogP contribution in [0.2, 0.25) is 0 Å². The van der Waals surface area contributed by atoms with Crippen LogP contribution in [0.3, 0.4) is 0 Å². The summed E-state index contributed by atoms with van der Waals surface area (Å²) in [4.78, 5) is 0. The third-order valence-corrected chi connectivity index (χ3v) is 3.03. The van der Waals surface area contributed by atoms with Crippen LogP contribution < -0.4 is 10.1 Å². The molecule has 0 aliphatic carbocycles. The van der Waals surface area contributed by atoms with Gasteiger partial charge in [0.15, 0.2) is 0 Å². The molecule has 1 fully saturated rings. The Hall–Kier alpha value is -1.06. The molecule has 3 nitrogen and oxygen atoms in total. The van der Waals surface area contributed by atoms with Gasteiger partial charge in [-0.05, 0) is 19.9 Å². The van der Waals surface area contributed by atoms with Gasteiger partial charge in [-0.15, -0.1) is 0 Å². The summed E-state index contributed by atoms with van der Waals surface area (Å²) >= 11 is 0. The molecule has 2 unspecified atom stereocenters. The van der Waals surface area contributed by atoms with E-state index in [-0.39, 0.29) is 11.7 Å². The highest BCUT2D eigenvalue weighted by Crippen LogP contribution is 2.34. The molecule has 0 spiro atoms. The second-order valence-corrected chi connectivity index (χ2v) is 4.49. The van der Waals surface area contributed by atoms with E-state index in [0.29, 0.717) is 0 Å². The SMILES string of the molecule is COc1ccccc1C1(C)CNCC(C)O1. The van der Waals surface area contributed by atoms with Crippen molar-refractivity contribution in [3.63, 3.8) is 0 Å². The summed E-state index contributed by atoms with van der Waals surface area (Å²) in [5, 5.41) is 3.39. The second kappa shape index (κ2) is 4.44. The first-order valence-electron chi connectivity index (χ1n) is 5.68. The predicted octanol–water partition coefficient (Wildman–Crippen LogP) is 1.92. The van der Waals surface area contributed by atoms with Gasteiger partial charge in [-0.2, -0.15) is 0 Å². The summed E-state index contributed by atoms with van der Waals surface area (Å²) in [5.74, 6) is 0.890. The Balaban J connectivity index is 2.34.